The van der Waals surface area contributed by atoms with Crippen LogP contribution < -0.4 is 16.4 Å². The molecule has 0 radical (unpaired) electrons. The van der Waals surface area contributed by atoms with Crippen LogP contribution in [0.25, 0.3) is 28.2 Å². The molecule has 2 amide bonds. The lowest BCUT2D eigenvalue weighted by molar-refractivity contribution is 0.238. The topological polar surface area (TPSA) is 111 Å². The molecule has 0 saturated heterocycles. The number of benzene rings is 1. The van der Waals surface area contributed by atoms with Crippen molar-refractivity contribution in [3.05, 3.63) is 66.5 Å². The molecule has 4 aromatic rings. The molecular formula is C22H23N7O. The summed E-state index contributed by atoms with van der Waals surface area (Å²) in [6, 6.07) is 15.3. The van der Waals surface area contributed by atoms with Gasteiger partial charge in [0.15, 0.2) is 11.5 Å². The van der Waals surface area contributed by atoms with Crippen LogP contribution in [0.5, 0.6) is 0 Å². The second-order valence-corrected chi connectivity index (χ2v) is 7.20. The molecule has 152 valence electrons. The molecule has 0 atom stereocenters. The Morgan fingerprint density at radius 2 is 1.80 bits per heavy atom. The van der Waals surface area contributed by atoms with Gasteiger partial charge < -0.3 is 16.4 Å². The summed E-state index contributed by atoms with van der Waals surface area (Å²) in [5, 5.41) is 5.66. The van der Waals surface area contributed by atoms with Gasteiger partial charge in [-0.25, -0.2) is 19.7 Å². The molecule has 8 nitrogen and oxygen atoms in total. The first kappa shape index (κ1) is 19.4. The van der Waals surface area contributed by atoms with Crippen LogP contribution in [0, 0.1) is 0 Å². The Hall–Kier alpha value is -3.94. The summed E-state index contributed by atoms with van der Waals surface area (Å²) in [6.45, 7) is 4.28. The summed E-state index contributed by atoms with van der Waals surface area (Å²) in [5.41, 5.74) is 10.2. The quantitative estimate of drug-likeness (QED) is 0.475. The molecule has 3 heterocycles. The third-order valence-corrected chi connectivity index (χ3v) is 4.56. The number of amides is 2. The molecule has 0 fully saturated rings. The van der Waals surface area contributed by atoms with Gasteiger partial charge in [0.1, 0.15) is 11.3 Å². The molecule has 4 rings (SSSR count). The molecule has 1 aromatic carbocycles. The minimum atomic E-state index is -0.187. The molecule has 0 bridgehead atoms. The van der Waals surface area contributed by atoms with E-state index in [-0.39, 0.29) is 12.1 Å². The number of nitrogens with zero attached hydrogens (tertiary/aromatic N) is 4. The number of imidazole rings is 1. The van der Waals surface area contributed by atoms with Gasteiger partial charge in [-0.2, -0.15) is 0 Å². The smallest absolute Gasteiger partial charge is 0.315 e. The summed E-state index contributed by atoms with van der Waals surface area (Å²) in [7, 11) is 0. The number of fused-ring (bicyclic) bond motifs is 1. The van der Waals surface area contributed by atoms with E-state index in [1.165, 1.54) is 0 Å². The number of anilines is 1. The van der Waals surface area contributed by atoms with Crippen molar-refractivity contribution in [2.45, 2.75) is 26.4 Å². The molecule has 4 N–H and O–H groups in total. The number of hydrogen-bond acceptors (Lipinski definition) is 5. The highest BCUT2D eigenvalue weighted by Crippen LogP contribution is 2.29. The Bertz CT molecular complexity index is 1180. The molecule has 0 unspecified atom stereocenters. The van der Waals surface area contributed by atoms with Crippen molar-refractivity contribution in [3.8, 4) is 17.1 Å². The fraction of sp³-hybridized carbons (Fsp3) is 0.182. The van der Waals surface area contributed by atoms with E-state index in [4.69, 9.17) is 10.7 Å². The van der Waals surface area contributed by atoms with E-state index in [1.807, 2.05) is 66.9 Å². The number of rotatable bonds is 5. The van der Waals surface area contributed by atoms with E-state index >= 15 is 0 Å². The van der Waals surface area contributed by atoms with Crippen molar-refractivity contribution in [1.82, 2.24) is 30.2 Å². The molecule has 8 heteroatoms. The normalized spacial score (nSPS) is 11.0. The molecule has 0 aliphatic heterocycles. The fourth-order valence-electron chi connectivity index (χ4n) is 3.20. The summed E-state index contributed by atoms with van der Waals surface area (Å²) in [4.78, 5) is 25.3. The zero-order chi connectivity index (χ0) is 21.1. The average Bonchev–Trinajstić information content (AvgIpc) is 3.12. The largest absolute Gasteiger partial charge is 0.383 e. The zero-order valence-electron chi connectivity index (χ0n) is 16.8. The fourth-order valence-corrected chi connectivity index (χ4v) is 3.20. The summed E-state index contributed by atoms with van der Waals surface area (Å²) >= 11 is 0. The maximum atomic E-state index is 11.8. The van der Waals surface area contributed by atoms with Gasteiger partial charge >= 0.3 is 6.03 Å². The van der Waals surface area contributed by atoms with E-state index in [2.05, 4.69) is 20.6 Å². The number of urea groups is 1. The van der Waals surface area contributed by atoms with E-state index in [1.54, 1.807) is 12.4 Å². The predicted molar refractivity (Wildman–Crippen MR) is 117 cm³/mol. The van der Waals surface area contributed by atoms with Crippen LogP contribution in [0.3, 0.4) is 0 Å². The van der Waals surface area contributed by atoms with Crippen LogP contribution in [0.1, 0.15) is 19.4 Å². The molecule has 0 saturated carbocycles. The van der Waals surface area contributed by atoms with Gasteiger partial charge in [-0.3, -0.25) is 4.57 Å². The van der Waals surface area contributed by atoms with E-state index in [9.17, 15) is 4.79 Å². The lowest BCUT2D eigenvalue weighted by Crippen LogP contribution is -2.39. The minimum Gasteiger partial charge on any atom is -0.383 e. The number of hydrogen-bond donors (Lipinski definition) is 3. The van der Waals surface area contributed by atoms with Gasteiger partial charge in [-0.1, -0.05) is 12.1 Å². The molecule has 0 aliphatic carbocycles. The lowest BCUT2D eigenvalue weighted by atomic mass is 10.2. The summed E-state index contributed by atoms with van der Waals surface area (Å²) in [5.74, 6) is 1.09. The highest BCUT2D eigenvalue weighted by atomic mass is 16.2. The van der Waals surface area contributed by atoms with Gasteiger partial charge in [0.05, 0.1) is 5.56 Å². The van der Waals surface area contributed by atoms with Crippen molar-refractivity contribution >= 4 is 23.0 Å². The second kappa shape index (κ2) is 8.20. The van der Waals surface area contributed by atoms with Crippen molar-refractivity contribution in [3.63, 3.8) is 0 Å². The Morgan fingerprint density at radius 1 is 1.07 bits per heavy atom. The molecule has 3 aromatic heterocycles. The molecule has 0 aliphatic rings. The standard InChI is InChI=1S/C22H23N7O/c1-14(2)27-22(30)26-13-15-7-9-16(10-8-15)29-20(17-5-3-11-24-19(17)23)28-18-6-4-12-25-21(18)29/h3-12,14H,13H2,1-2H3,(H2,23,24)(H2,26,27,30). The number of nitrogens with one attached hydrogen (secondary N) is 2. The van der Waals surface area contributed by atoms with Crippen LogP contribution in [0.4, 0.5) is 10.6 Å². The second-order valence-electron chi connectivity index (χ2n) is 7.20. The van der Waals surface area contributed by atoms with Crippen LogP contribution in [0.2, 0.25) is 0 Å². The van der Waals surface area contributed by atoms with Crippen LogP contribution >= 0.6 is 0 Å². The van der Waals surface area contributed by atoms with Gasteiger partial charge in [0.25, 0.3) is 0 Å². The van der Waals surface area contributed by atoms with Crippen molar-refractivity contribution < 1.29 is 4.79 Å². The third kappa shape index (κ3) is 3.93. The van der Waals surface area contributed by atoms with Gasteiger partial charge in [-0.15, -0.1) is 0 Å². The Morgan fingerprint density at radius 3 is 2.53 bits per heavy atom. The predicted octanol–water partition coefficient (Wildman–Crippen LogP) is 3.27. The van der Waals surface area contributed by atoms with Crippen molar-refractivity contribution in [2.24, 2.45) is 0 Å². The number of nitrogens with two attached hydrogens (primary N) is 1. The van der Waals surface area contributed by atoms with E-state index < -0.39 is 0 Å². The maximum Gasteiger partial charge on any atom is 0.315 e. The first-order valence-corrected chi connectivity index (χ1v) is 9.71. The van der Waals surface area contributed by atoms with Gasteiger partial charge in [-0.05, 0) is 55.8 Å². The first-order valence-electron chi connectivity index (χ1n) is 9.71. The van der Waals surface area contributed by atoms with E-state index in [0.29, 0.717) is 18.2 Å². The SMILES string of the molecule is CC(C)NC(=O)NCc1ccc(-n2c(-c3cccnc3N)nc3cccnc32)cc1. The number of aromatic nitrogens is 4. The van der Waals surface area contributed by atoms with Crippen LogP contribution in [0.15, 0.2) is 60.9 Å². The number of nitrogen functional groups attached to an aromatic ring is 1. The van der Waals surface area contributed by atoms with Crippen LogP contribution in [-0.4, -0.2) is 31.6 Å². The first-order chi connectivity index (χ1) is 14.5. The van der Waals surface area contributed by atoms with Crippen molar-refractivity contribution in [2.75, 3.05) is 5.73 Å². The zero-order valence-corrected chi connectivity index (χ0v) is 16.8. The Kier molecular flexibility index (Phi) is 5.30. The molecule has 30 heavy (non-hydrogen) atoms. The number of carbonyl (C=O) groups excluding carboxylic acids is 1. The van der Waals surface area contributed by atoms with Gasteiger partial charge in [0.2, 0.25) is 0 Å². The highest BCUT2D eigenvalue weighted by molar-refractivity contribution is 5.82. The minimum absolute atomic E-state index is 0.0905. The monoisotopic (exact) mass is 401 g/mol. The van der Waals surface area contributed by atoms with Gasteiger partial charge in [0, 0.05) is 30.7 Å². The molecule has 0 spiro atoms. The lowest BCUT2D eigenvalue weighted by Gasteiger charge is -2.12. The Labute approximate surface area is 174 Å². The maximum absolute atomic E-state index is 11.8. The van der Waals surface area contributed by atoms with E-state index in [0.717, 1.165) is 28.0 Å². The number of carbonyl (C=O) groups is 1. The Balaban J connectivity index is 1.68. The average molecular weight is 401 g/mol. The van der Waals surface area contributed by atoms with Crippen LogP contribution in [-0.2, 0) is 6.54 Å². The summed E-state index contributed by atoms with van der Waals surface area (Å²) in [6.07, 6.45) is 3.39. The van der Waals surface area contributed by atoms with Crippen molar-refractivity contribution in [1.29, 1.82) is 0 Å². The highest BCUT2D eigenvalue weighted by Gasteiger charge is 2.17. The summed E-state index contributed by atoms with van der Waals surface area (Å²) < 4.78 is 1.96. The number of pyridine rings is 2. The molecular weight excluding hydrogens is 378 g/mol. The third-order valence-electron chi connectivity index (χ3n) is 4.56.